The predicted octanol–water partition coefficient (Wildman–Crippen LogP) is 5.38. The standard InChI is InChI=1S/C31H33ClN4O5/c1-19-6-5-8-21(14-19)34-31(39)35-22-10-13-27-24(15-22)30(38)36(2)26-12-11-23(41-28(26)18-40-27)16-29(37)33-17-20-7-3-4-9-25(20)32/h3-10,13-15,23,26,28H,11-12,16-18H2,1-2H3,(H,33,37)(H2,34,35,39)/t23-,26-,28+/m0/s1. The Balaban J connectivity index is 1.20. The lowest BCUT2D eigenvalue weighted by Crippen LogP contribution is -2.53. The van der Waals surface area contributed by atoms with Crippen LogP contribution in [0.15, 0.2) is 66.7 Å². The van der Waals surface area contributed by atoms with E-state index >= 15 is 0 Å². The first-order valence-corrected chi connectivity index (χ1v) is 14.0. The van der Waals surface area contributed by atoms with Crippen molar-refractivity contribution in [3.8, 4) is 5.75 Å². The van der Waals surface area contributed by atoms with Crippen LogP contribution in [0, 0.1) is 6.92 Å². The first-order valence-electron chi connectivity index (χ1n) is 13.6. The summed E-state index contributed by atoms with van der Waals surface area (Å²) < 4.78 is 12.3. The van der Waals surface area contributed by atoms with Crippen molar-refractivity contribution >= 4 is 40.8 Å². The van der Waals surface area contributed by atoms with Gasteiger partial charge in [-0.1, -0.05) is 41.9 Å². The van der Waals surface area contributed by atoms with E-state index in [1.165, 1.54) is 0 Å². The highest BCUT2D eigenvalue weighted by molar-refractivity contribution is 6.31. The molecule has 10 heteroatoms. The lowest BCUT2D eigenvalue weighted by Gasteiger charge is -2.42. The third kappa shape index (κ3) is 6.99. The molecule has 0 saturated carbocycles. The zero-order valence-corrected chi connectivity index (χ0v) is 23.7. The molecule has 0 aromatic heterocycles. The second-order valence-corrected chi connectivity index (χ2v) is 10.8. The molecule has 5 rings (SSSR count). The third-order valence-electron chi connectivity index (χ3n) is 7.39. The average Bonchev–Trinajstić information content (AvgIpc) is 2.95. The Hall–Kier alpha value is -4.08. The van der Waals surface area contributed by atoms with Crippen molar-refractivity contribution in [3.63, 3.8) is 0 Å². The Morgan fingerprint density at radius 1 is 1.00 bits per heavy atom. The largest absolute Gasteiger partial charge is 0.490 e. The minimum atomic E-state index is -0.411. The number of likely N-dealkylation sites (N-methyl/N-ethyl adjacent to an activating group) is 1. The van der Waals surface area contributed by atoms with E-state index < -0.39 is 6.03 Å². The molecule has 3 aromatic carbocycles. The van der Waals surface area contributed by atoms with Gasteiger partial charge in [-0.25, -0.2) is 4.79 Å². The molecule has 1 fully saturated rings. The maximum atomic E-state index is 13.5. The molecule has 2 aliphatic rings. The molecule has 2 heterocycles. The number of ether oxygens (including phenoxy) is 2. The van der Waals surface area contributed by atoms with Crippen LogP contribution in [-0.4, -0.2) is 54.6 Å². The number of amides is 4. The van der Waals surface area contributed by atoms with Crippen LogP contribution in [-0.2, 0) is 16.1 Å². The number of halogens is 1. The highest BCUT2D eigenvalue weighted by Crippen LogP contribution is 2.32. The van der Waals surface area contributed by atoms with E-state index in [4.69, 9.17) is 21.1 Å². The summed E-state index contributed by atoms with van der Waals surface area (Å²) in [6, 6.07) is 19.2. The first kappa shape index (κ1) is 28.4. The summed E-state index contributed by atoms with van der Waals surface area (Å²) in [7, 11) is 1.75. The van der Waals surface area contributed by atoms with Crippen LogP contribution in [0.3, 0.4) is 0 Å². The number of carbonyl (C=O) groups is 3. The van der Waals surface area contributed by atoms with Gasteiger partial charge in [0.25, 0.3) is 5.91 Å². The molecule has 0 unspecified atom stereocenters. The predicted molar refractivity (Wildman–Crippen MR) is 157 cm³/mol. The molecule has 0 bridgehead atoms. The Morgan fingerprint density at radius 2 is 1.78 bits per heavy atom. The fourth-order valence-electron chi connectivity index (χ4n) is 5.24. The van der Waals surface area contributed by atoms with Crippen LogP contribution in [0.25, 0.3) is 0 Å². The smallest absolute Gasteiger partial charge is 0.323 e. The van der Waals surface area contributed by atoms with Gasteiger partial charge in [0.05, 0.1) is 24.1 Å². The molecule has 4 amide bonds. The number of nitrogens with one attached hydrogen (secondary N) is 3. The monoisotopic (exact) mass is 576 g/mol. The number of benzene rings is 3. The molecule has 3 atom stereocenters. The number of urea groups is 1. The van der Waals surface area contributed by atoms with Gasteiger partial charge in [-0.15, -0.1) is 0 Å². The number of hydrogen-bond donors (Lipinski definition) is 3. The van der Waals surface area contributed by atoms with Crippen molar-refractivity contribution in [1.29, 1.82) is 0 Å². The topological polar surface area (TPSA) is 109 Å². The summed E-state index contributed by atoms with van der Waals surface area (Å²) in [4.78, 5) is 40.4. The van der Waals surface area contributed by atoms with E-state index in [1.807, 2.05) is 43.3 Å². The molecule has 0 radical (unpaired) electrons. The van der Waals surface area contributed by atoms with Crippen LogP contribution in [0.4, 0.5) is 16.2 Å². The van der Waals surface area contributed by atoms with Gasteiger partial charge in [0.15, 0.2) is 0 Å². The highest BCUT2D eigenvalue weighted by atomic mass is 35.5. The minimum absolute atomic E-state index is 0.124. The zero-order valence-electron chi connectivity index (χ0n) is 23.0. The highest BCUT2D eigenvalue weighted by Gasteiger charge is 2.39. The van der Waals surface area contributed by atoms with Crippen LogP contribution in [0.1, 0.15) is 40.7 Å². The summed E-state index contributed by atoms with van der Waals surface area (Å²) in [6.45, 7) is 2.52. The van der Waals surface area contributed by atoms with Gasteiger partial charge >= 0.3 is 6.03 Å². The molecule has 0 aliphatic carbocycles. The van der Waals surface area contributed by atoms with Gasteiger partial charge < -0.3 is 30.3 Å². The number of rotatable bonds is 6. The number of aryl methyl sites for hydroxylation is 1. The lowest BCUT2D eigenvalue weighted by molar-refractivity contribution is -0.134. The summed E-state index contributed by atoms with van der Waals surface area (Å²) >= 11 is 6.19. The molecule has 1 saturated heterocycles. The zero-order chi connectivity index (χ0) is 28.9. The number of fused-ring (bicyclic) bond motifs is 2. The molecule has 2 aliphatic heterocycles. The Bertz CT molecular complexity index is 1450. The quantitative estimate of drug-likeness (QED) is 0.365. The maximum absolute atomic E-state index is 13.5. The molecule has 214 valence electrons. The van der Waals surface area contributed by atoms with Crippen LogP contribution >= 0.6 is 11.6 Å². The van der Waals surface area contributed by atoms with E-state index in [-0.39, 0.29) is 43.1 Å². The van der Waals surface area contributed by atoms with Gasteiger partial charge in [-0.3, -0.25) is 9.59 Å². The van der Waals surface area contributed by atoms with Gasteiger partial charge in [0.1, 0.15) is 18.5 Å². The molecule has 3 N–H and O–H groups in total. The van der Waals surface area contributed by atoms with Crippen LogP contribution in [0.2, 0.25) is 5.02 Å². The average molecular weight is 577 g/mol. The fraction of sp³-hybridized carbons (Fsp3) is 0.323. The SMILES string of the molecule is Cc1cccc(NC(=O)Nc2ccc3c(c2)C(=O)N(C)[C@H]2CC[C@@H](CC(=O)NCc4ccccc4Cl)O[C@@H]2CO3)c1. The van der Waals surface area contributed by atoms with Gasteiger partial charge in [-0.2, -0.15) is 0 Å². The Morgan fingerprint density at radius 3 is 2.56 bits per heavy atom. The number of carbonyl (C=O) groups excluding carboxylic acids is 3. The molecule has 41 heavy (non-hydrogen) atoms. The van der Waals surface area contributed by atoms with Crippen molar-refractivity contribution in [1.82, 2.24) is 10.2 Å². The summed E-state index contributed by atoms with van der Waals surface area (Å²) in [5, 5.41) is 9.11. The van der Waals surface area contributed by atoms with Crippen molar-refractivity contribution in [2.45, 2.75) is 51.0 Å². The molecular formula is C31H33ClN4O5. The number of anilines is 2. The van der Waals surface area contributed by atoms with Crippen LogP contribution in [0.5, 0.6) is 5.75 Å². The van der Waals surface area contributed by atoms with Gasteiger partial charge in [-0.05, 0) is 67.3 Å². The first-order chi connectivity index (χ1) is 19.8. The maximum Gasteiger partial charge on any atom is 0.323 e. The Kier molecular flexibility index (Phi) is 8.75. The van der Waals surface area contributed by atoms with E-state index in [1.54, 1.807) is 42.3 Å². The molecular weight excluding hydrogens is 544 g/mol. The van der Waals surface area contributed by atoms with Crippen molar-refractivity contribution in [3.05, 3.63) is 88.4 Å². The van der Waals surface area contributed by atoms with Crippen molar-refractivity contribution < 1.29 is 23.9 Å². The molecule has 0 spiro atoms. The second kappa shape index (κ2) is 12.6. The van der Waals surface area contributed by atoms with E-state index in [2.05, 4.69) is 16.0 Å². The second-order valence-electron chi connectivity index (χ2n) is 10.4. The molecule has 3 aromatic rings. The normalized spacial score (nSPS) is 20.0. The van der Waals surface area contributed by atoms with Crippen molar-refractivity contribution in [2.24, 2.45) is 0 Å². The van der Waals surface area contributed by atoms with Crippen molar-refractivity contribution in [2.75, 3.05) is 24.3 Å². The molecule has 9 nitrogen and oxygen atoms in total. The van der Waals surface area contributed by atoms with Crippen LogP contribution < -0.4 is 20.7 Å². The fourth-order valence-corrected chi connectivity index (χ4v) is 5.44. The Labute approximate surface area is 244 Å². The third-order valence-corrected chi connectivity index (χ3v) is 7.76. The van der Waals surface area contributed by atoms with Gasteiger partial charge in [0, 0.05) is 30.0 Å². The summed E-state index contributed by atoms with van der Waals surface area (Å²) in [6.07, 6.45) is 0.843. The van der Waals surface area contributed by atoms with E-state index in [0.717, 1.165) is 11.1 Å². The summed E-state index contributed by atoms with van der Waals surface area (Å²) in [5.41, 5.74) is 3.39. The van der Waals surface area contributed by atoms with E-state index in [9.17, 15) is 14.4 Å². The lowest BCUT2D eigenvalue weighted by atomic mass is 9.94. The summed E-state index contributed by atoms with van der Waals surface area (Å²) in [5.74, 6) is 0.0616. The number of nitrogens with zero attached hydrogens (tertiary/aromatic N) is 1. The minimum Gasteiger partial charge on any atom is -0.490 e. The van der Waals surface area contributed by atoms with E-state index in [0.29, 0.717) is 47.1 Å². The number of hydrogen-bond acceptors (Lipinski definition) is 5. The van der Waals surface area contributed by atoms with Gasteiger partial charge in [0.2, 0.25) is 5.91 Å².